The highest BCUT2D eigenvalue weighted by molar-refractivity contribution is 7.84. The maximum atomic E-state index is 12.8. The molecule has 1 N–H and O–H groups in total. The third kappa shape index (κ3) is 4.33. The zero-order valence-corrected chi connectivity index (χ0v) is 18.4. The van der Waals surface area contributed by atoms with E-state index in [9.17, 15) is 9.00 Å². The first-order chi connectivity index (χ1) is 12.9. The van der Waals surface area contributed by atoms with Gasteiger partial charge in [0, 0.05) is 37.7 Å². The van der Waals surface area contributed by atoms with Gasteiger partial charge in [0.2, 0.25) is 5.88 Å². The van der Waals surface area contributed by atoms with E-state index in [2.05, 4.69) is 9.71 Å². The van der Waals surface area contributed by atoms with Gasteiger partial charge in [0.1, 0.15) is 11.2 Å². The van der Waals surface area contributed by atoms with Crippen molar-refractivity contribution in [3.63, 3.8) is 0 Å². The quantitative estimate of drug-likeness (QED) is 0.810. The van der Waals surface area contributed by atoms with Crippen LogP contribution in [0.25, 0.3) is 0 Å². The van der Waals surface area contributed by atoms with E-state index in [4.69, 9.17) is 9.47 Å². The molecule has 1 amide bonds. The Kier molecular flexibility index (Phi) is 5.49. The van der Waals surface area contributed by atoms with Crippen LogP contribution in [0.1, 0.15) is 66.0 Å². The first-order valence-electron chi connectivity index (χ1n) is 9.71. The molecule has 2 atom stereocenters. The molecule has 0 saturated carbocycles. The van der Waals surface area contributed by atoms with Crippen LogP contribution in [0, 0.1) is 0 Å². The maximum absolute atomic E-state index is 12.8. The Morgan fingerprint density at radius 1 is 1.29 bits per heavy atom. The zero-order chi connectivity index (χ0) is 20.7. The van der Waals surface area contributed by atoms with E-state index >= 15 is 0 Å². The standard InChI is InChI=1S/C20H31N3O4S/c1-18(2,3)27-17(24)23-12-9-20(10-13-23)15(22-28(25)19(4,5)6)14-8-7-11-21-16(14)26-20/h7-8,11,15,22H,9-10,12-13H2,1-6H3/t15?,28-/m1/s1. The Bertz CT molecular complexity index is 761. The molecule has 156 valence electrons. The summed E-state index contributed by atoms with van der Waals surface area (Å²) in [6, 6.07) is 3.60. The third-order valence-corrected chi connectivity index (χ3v) is 6.54. The Morgan fingerprint density at radius 2 is 1.93 bits per heavy atom. The topological polar surface area (TPSA) is 80.8 Å². The Labute approximate surface area is 169 Å². The molecule has 8 heteroatoms. The molecule has 7 nitrogen and oxygen atoms in total. The Morgan fingerprint density at radius 3 is 2.50 bits per heavy atom. The molecule has 1 unspecified atom stereocenters. The number of fused-ring (bicyclic) bond motifs is 1. The molecule has 3 heterocycles. The molecule has 0 aromatic carbocycles. The van der Waals surface area contributed by atoms with E-state index in [0.717, 1.165) is 5.56 Å². The van der Waals surface area contributed by atoms with Crippen molar-refractivity contribution in [1.82, 2.24) is 14.6 Å². The summed E-state index contributed by atoms with van der Waals surface area (Å²) >= 11 is 0. The zero-order valence-electron chi connectivity index (χ0n) is 17.6. The van der Waals surface area contributed by atoms with Gasteiger partial charge in [-0.15, -0.1) is 0 Å². The van der Waals surface area contributed by atoms with Gasteiger partial charge in [-0.2, -0.15) is 0 Å². The lowest BCUT2D eigenvalue weighted by Gasteiger charge is -2.42. The van der Waals surface area contributed by atoms with Crippen molar-refractivity contribution in [1.29, 1.82) is 0 Å². The van der Waals surface area contributed by atoms with Crippen molar-refractivity contribution in [2.24, 2.45) is 0 Å². The monoisotopic (exact) mass is 409 g/mol. The summed E-state index contributed by atoms with van der Waals surface area (Å²) in [4.78, 5) is 18.5. The number of ether oxygens (including phenoxy) is 2. The summed E-state index contributed by atoms with van der Waals surface area (Å²) in [7, 11) is -1.26. The Hall–Kier alpha value is -1.67. The smallest absolute Gasteiger partial charge is 0.410 e. The fraction of sp³-hybridized carbons (Fsp3) is 0.700. The van der Waals surface area contributed by atoms with Gasteiger partial charge in [0.25, 0.3) is 0 Å². The average Bonchev–Trinajstić information content (AvgIpc) is 2.86. The number of likely N-dealkylation sites (tertiary alicyclic amines) is 1. The molecule has 1 aromatic rings. The molecule has 2 aliphatic rings. The molecule has 1 spiro atoms. The van der Waals surface area contributed by atoms with Gasteiger partial charge < -0.3 is 14.4 Å². The number of carbonyl (C=O) groups is 1. The van der Waals surface area contributed by atoms with E-state index in [1.807, 2.05) is 53.7 Å². The molecule has 0 radical (unpaired) electrons. The van der Waals surface area contributed by atoms with Gasteiger partial charge in [-0.1, -0.05) is 6.07 Å². The van der Waals surface area contributed by atoms with E-state index in [1.165, 1.54) is 0 Å². The Balaban J connectivity index is 1.79. The summed E-state index contributed by atoms with van der Waals surface area (Å²) in [5.74, 6) is 0.580. The second-order valence-corrected chi connectivity index (χ2v) is 11.5. The van der Waals surface area contributed by atoms with Crippen molar-refractivity contribution in [3.05, 3.63) is 23.9 Å². The first-order valence-corrected chi connectivity index (χ1v) is 10.9. The van der Waals surface area contributed by atoms with Crippen LogP contribution < -0.4 is 9.46 Å². The van der Waals surface area contributed by atoms with E-state index in [1.54, 1.807) is 11.1 Å². The van der Waals surface area contributed by atoms with Crippen molar-refractivity contribution >= 4 is 17.1 Å². The summed E-state index contributed by atoms with van der Waals surface area (Å²) in [5, 5.41) is 0. The van der Waals surface area contributed by atoms with Crippen LogP contribution >= 0.6 is 0 Å². The number of piperidine rings is 1. The minimum absolute atomic E-state index is 0.239. The lowest BCUT2D eigenvalue weighted by atomic mass is 9.83. The van der Waals surface area contributed by atoms with E-state index in [0.29, 0.717) is 31.8 Å². The molecule has 2 aliphatic heterocycles. The summed E-state index contributed by atoms with van der Waals surface area (Å²) in [6.07, 6.45) is 2.62. The molecular formula is C20H31N3O4S. The van der Waals surface area contributed by atoms with Gasteiger partial charge in [-0.3, -0.25) is 0 Å². The number of amides is 1. The predicted molar refractivity (Wildman–Crippen MR) is 108 cm³/mol. The summed E-state index contributed by atoms with van der Waals surface area (Å²) in [6.45, 7) is 12.4. The van der Waals surface area contributed by atoms with E-state index < -0.39 is 26.9 Å². The minimum Gasteiger partial charge on any atom is -0.469 e. The number of rotatable bonds is 2. The SMILES string of the molecule is CC(C)(C)OC(=O)N1CCC2(CC1)Oc1ncccc1C2N[S@](=O)C(C)(C)C. The van der Waals surface area contributed by atoms with Crippen LogP contribution in [0.4, 0.5) is 4.79 Å². The van der Waals surface area contributed by atoms with Gasteiger partial charge in [0.05, 0.1) is 21.8 Å². The molecule has 3 rings (SSSR count). The lowest BCUT2D eigenvalue weighted by Crippen LogP contribution is -2.55. The number of nitrogens with zero attached hydrogens (tertiary/aromatic N) is 2. The number of aromatic nitrogens is 1. The second kappa shape index (κ2) is 7.30. The molecule has 0 bridgehead atoms. The van der Waals surface area contributed by atoms with Crippen LogP contribution in [-0.4, -0.2) is 49.2 Å². The fourth-order valence-corrected chi connectivity index (χ4v) is 4.39. The predicted octanol–water partition coefficient (Wildman–Crippen LogP) is 3.34. The van der Waals surface area contributed by atoms with Crippen molar-refractivity contribution in [2.75, 3.05) is 13.1 Å². The summed E-state index contributed by atoms with van der Waals surface area (Å²) in [5.41, 5.74) is -0.175. The second-order valence-electron chi connectivity index (χ2n) is 9.46. The highest BCUT2D eigenvalue weighted by Crippen LogP contribution is 2.47. The molecule has 0 aliphatic carbocycles. The summed E-state index contributed by atoms with van der Waals surface area (Å²) < 4.78 is 27.5. The number of hydrogen-bond donors (Lipinski definition) is 1. The van der Waals surface area contributed by atoms with Crippen molar-refractivity contribution < 1.29 is 18.5 Å². The lowest BCUT2D eigenvalue weighted by molar-refractivity contribution is -0.0215. The van der Waals surface area contributed by atoms with Crippen LogP contribution in [0.15, 0.2) is 18.3 Å². The molecular weight excluding hydrogens is 378 g/mol. The number of pyridine rings is 1. The molecule has 1 aromatic heterocycles. The molecule has 28 heavy (non-hydrogen) atoms. The van der Waals surface area contributed by atoms with Gasteiger partial charge in [-0.25, -0.2) is 18.7 Å². The highest BCUT2D eigenvalue weighted by atomic mass is 32.2. The average molecular weight is 410 g/mol. The molecule has 1 saturated heterocycles. The third-order valence-electron chi connectivity index (χ3n) is 4.98. The number of hydrogen-bond acceptors (Lipinski definition) is 5. The van der Waals surface area contributed by atoms with Gasteiger partial charge in [-0.05, 0) is 47.6 Å². The van der Waals surface area contributed by atoms with Crippen LogP contribution in [-0.2, 0) is 15.7 Å². The van der Waals surface area contributed by atoms with Gasteiger partial charge >= 0.3 is 6.09 Å². The largest absolute Gasteiger partial charge is 0.469 e. The van der Waals surface area contributed by atoms with Gasteiger partial charge in [0.15, 0.2) is 0 Å². The van der Waals surface area contributed by atoms with Crippen LogP contribution in [0.3, 0.4) is 0 Å². The molecule has 1 fully saturated rings. The highest BCUT2D eigenvalue weighted by Gasteiger charge is 2.52. The van der Waals surface area contributed by atoms with E-state index in [-0.39, 0.29) is 12.1 Å². The normalized spacial score (nSPS) is 22.5. The van der Waals surface area contributed by atoms with Crippen molar-refractivity contribution in [3.8, 4) is 5.88 Å². The number of nitrogens with one attached hydrogen (secondary N) is 1. The van der Waals surface area contributed by atoms with Crippen LogP contribution in [0.5, 0.6) is 5.88 Å². The van der Waals surface area contributed by atoms with Crippen LogP contribution in [0.2, 0.25) is 0 Å². The minimum atomic E-state index is -1.26. The van der Waals surface area contributed by atoms with Crippen molar-refractivity contribution in [2.45, 2.75) is 76.4 Å². The first kappa shape index (κ1) is 21.0. The fourth-order valence-electron chi connectivity index (χ4n) is 3.48. The number of carbonyl (C=O) groups excluding carboxylic acids is 1. The maximum Gasteiger partial charge on any atom is 0.410 e.